The van der Waals surface area contributed by atoms with Crippen LogP contribution in [0.25, 0.3) is 0 Å². The Balaban J connectivity index is 3.33. The summed E-state index contributed by atoms with van der Waals surface area (Å²) in [6.45, 7) is 2.43. The topological polar surface area (TPSA) is 69.4 Å². The van der Waals surface area contributed by atoms with Crippen LogP contribution in [0.5, 0.6) is 5.75 Å². The molecular weight excluding hydrogens is 226 g/mol. The Bertz CT molecular complexity index is 468. The molecule has 90 valence electrons. The van der Waals surface area contributed by atoms with E-state index in [1.807, 2.05) is 13.0 Å². The van der Waals surface area contributed by atoms with Gasteiger partial charge in [-0.3, -0.25) is 0 Å². The summed E-state index contributed by atoms with van der Waals surface area (Å²) >= 11 is 0. The third-order valence-corrected chi connectivity index (χ3v) is 3.63. The van der Waals surface area contributed by atoms with Crippen molar-refractivity contribution >= 4 is 9.84 Å². The molecule has 2 N–H and O–H groups in total. The summed E-state index contributed by atoms with van der Waals surface area (Å²) in [7, 11) is -1.82. The number of sulfone groups is 1. The predicted octanol–water partition coefficient (Wildman–Crippen LogP) is 1.16. The highest BCUT2D eigenvalue weighted by Gasteiger charge is 2.16. The molecule has 4 nitrogen and oxygen atoms in total. The van der Waals surface area contributed by atoms with E-state index in [-0.39, 0.29) is 10.8 Å². The fourth-order valence-electron chi connectivity index (χ4n) is 1.43. The second kappa shape index (κ2) is 4.84. The van der Waals surface area contributed by atoms with E-state index in [9.17, 15) is 8.42 Å². The van der Waals surface area contributed by atoms with Crippen molar-refractivity contribution in [3.63, 3.8) is 0 Å². The lowest BCUT2D eigenvalue weighted by atomic mass is 10.0. The van der Waals surface area contributed by atoms with Crippen molar-refractivity contribution in [2.75, 3.05) is 19.9 Å². The number of benzene rings is 1. The van der Waals surface area contributed by atoms with Crippen LogP contribution in [0.15, 0.2) is 23.1 Å². The highest BCUT2D eigenvalue weighted by molar-refractivity contribution is 7.90. The lowest BCUT2D eigenvalue weighted by molar-refractivity contribution is 0.402. The van der Waals surface area contributed by atoms with E-state index in [1.165, 1.54) is 13.4 Å². The van der Waals surface area contributed by atoms with Gasteiger partial charge in [0, 0.05) is 6.26 Å². The Kier molecular flexibility index (Phi) is 3.93. The largest absolute Gasteiger partial charge is 0.495 e. The SMILES string of the molecule is COc1ccc(C(C)CN)cc1S(C)(=O)=O. The van der Waals surface area contributed by atoms with Gasteiger partial charge in [0.1, 0.15) is 10.6 Å². The van der Waals surface area contributed by atoms with Crippen molar-refractivity contribution in [2.45, 2.75) is 17.7 Å². The average Bonchev–Trinajstić information content (AvgIpc) is 2.26. The summed E-state index contributed by atoms with van der Waals surface area (Å²) in [6.07, 6.45) is 1.17. The maximum Gasteiger partial charge on any atom is 0.179 e. The van der Waals surface area contributed by atoms with E-state index in [1.54, 1.807) is 12.1 Å². The Morgan fingerprint density at radius 2 is 2.06 bits per heavy atom. The van der Waals surface area contributed by atoms with Gasteiger partial charge >= 0.3 is 0 Å². The minimum Gasteiger partial charge on any atom is -0.495 e. The first-order valence-corrected chi connectivity index (χ1v) is 6.87. The van der Waals surface area contributed by atoms with Crippen molar-refractivity contribution < 1.29 is 13.2 Å². The quantitative estimate of drug-likeness (QED) is 0.861. The molecule has 0 radical (unpaired) electrons. The summed E-state index contributed by atoms with van der Waals surface area (Å²) in [4.78, 5) is 0.216. The lowest BCUT2D eigenvalue weighted by Crippen LogP contribution is -2.10. The molecule has 0 saturated heterocycles. The zero-order valence-corrected chi connectivity index (χ0v) is 10.5. The van der Waals surface area contributed by atoms with Gasteiger partial charge < -0.3 is 10.5 Å². The van der Waals surface area contributed by atoms with Crippen LogP contribution >= 0.6 is 0 Å². The molecule has 1 aromatic carbocycles. The second-order valence-electron chi connectivity index (χ2n) is 3.82. The maximum absolute atomic E-state index is 11.6. The molecule has 16 heavy (non-hydrogen) atoms. The number of hydrogen-bond acceptors (Lipinski definition) is 4. The van der Waals surface area contributed by atoms with Crippen LogP contribution in [0.1, 0.15) is 18.4 Å². The van der Waals surface area contributed by atoms with Crippen molar-refractivity contribution in [1.29, 1.82) is 0 Å². The zero-order chi connectivity index (χ0) is 12.3. The summed E-state index contributed by atoms with van der Waals surface area (Å²) in [5.74, 6) is 0.502. The van der Waals surface area contributed by atoms with Gasteiger partial charge in [-0.1, -0.05) is 13.0 Å². The van der Waals surface area contributed by atoms with Gasteiger partial charge in [-0.25, -0.2) is 8.42 Å². The summed E-state index contributed by atoms with van der Waals surface area (Å²) in [6, 6.07) is 5.13. The smallest absolute Gasteiger partial charge is 0.179 e. The van der Waals surface area contributed by atoms with Gasteiger partial charge in [0.05, 0.1) is 7.11 Å². The molecule has 5 heteroatoms. The van der Waals surface area contributed by atoms with E-state index in [4.69, 9.17) is 10.5 Å². The molecule has 0 amide bonds. The molecule has 0 saturated carbocycles. The molecule has 0 aliphatic carbocycles. The van der Waals surface area contributed by atoms with Gasteiger partial charge in [-0.05, 0) is 30.2 Å². The lowest BCUT2D eigenvalue weighted by Gasteiger charge is -2.13. The number of hydrogen-bond donors (Lipinski definition) is 1. The molecule has 1 aromatic rings. The minimum absolute atomic E-state index is 0.131. The third-order valence-electron chi connectivity index (χ3n) is 2.51. The molecular formula is C11H17NO3S. The molecule has 1 atom stereocenters. The third kappa shape index (κ3) is 2.74. The highest BCUT2D eigenvalue weighted by Crippen LogP contribution is 2.27. The van der Waals surface area contributed by atoms with E-state index in [2.05, 4.69) is 0 Å². The van der Waals surface area contributed by atoms with Gasteiger partial charge in [0.2, 0.25) is 0 Å². The molecule has 0 fully saturated rings. The van der Waals surface area contributed by atoms with Crippen LogP contribution < -0.4 is 10.5 Å². The monoisotopic (exact) mass is 243 g/mol. The number of methoxy groups -OCH3 is 1. The summed E-state index contributed by atoms with van der Waals surface area (Å²) in [5, 5.41) is 0. The van der Waals surface area contributed by atoms with Crippen LogP contribution in [0.3, 0.4) is 0 Å². The van der Waals surface area contributed by atoms with E-state index >= 15 is 0 Å². The van der Waals surface area contributed by atoms with Crippen molar-refractivity contribution in [3.8, 4) is 5.75 Å². The molecule has 0 heterocycles. The van der Waals surface area contributed by atoms with Crippen molar-refractivity contribution in [1.82, 2.24) is 0 Å². The van der Waals surface area contributed by atoms with Gasteiger partial charge in [0.25, 0.3) is 0 Å². The van der Waals surface area contributed by atoms with Gasteiger partial charge in [-0.2, -0.15) is 0 Å². The summed E-state index contributed by atoms with van der Waals surface area (Å²) < 4.78 is 28.2. The second-order valence-corrected chi connectivity index (χ2v) is 5.80. The Morgan fingerprint density at radius 1 is 1.44 bits per heavy atom. The maximum atomic E-state index is 11.6. The predicted molar refractivity (Wildman–Crippen MR) is 63.6 cm³/mol. The molecule has 1 rings (SSSR count). The van der Waals surface area contributed by atoms with E-state index in [0.717, 1.165) is 5.56 Å². The Morgan fingerprint density at radius 3 is 2.50 bits per heavy atom. The number of ether oxygens (including phenoxy) is 1. The van der Waals surface area contributed by atoms with Crippen molar-refractivity contribution in [2.24, 2.45) is 5.73 Å². The standard InChI is InChI=1S/C11H17NO3S/c1-8(7-12)9-4-5-10(15-2)11(6-9)16(3,13)14/h4-6,8H,7,12H2,1-3H3. The molecule has 1 unspecified atom stereocenters. The van der Waals surface area contributed by atoms with Gasteiger partial charge in [0.15, 0.2) is 9.84 Å². The normalized spacial score (nSPS) is 13.5. The Labute approximate surface area is 96.3 Å². The highest BCUT2D eigenvalue weighted by atomic mass is 32.2. The Hall–Kier alpha value is -1.07. The molecule has 0 bridgehead atoms. The average molecular weight is 243 g/mol. The van der Waals surface area contributed by atoms with Crippen LogP contribution in [0.4, 0.5) is 0 Å². The molecule has 0 aliphatic rings. The molecule has 0 spiro atoms. The molecule has 0 aromatic heterocycles. The van der Waals surface area contributed by atoms with Crippen molar-refractivity contribution in [3.05, 3.63) is 23.8 Å². The first-order valence-electron chi connectivity index (χ1n) is 4.98. The van der Waals surface area contributed by atoms with Crippen LogP contribution in [0, 0.1) is 0 Å². The molecule has 0 aliphatic heterocycles. The number of nitrogens with two attached hydrogens (primary N) is 1. The van der Waals surface area contributed by atoms with Crippen LogP contribution in [0.2, 0.25) is 0 Å². The first kappa shape index (κ1) is 13.0. The first-order chi connectivity index (χ1) is 7.40. The minimum atomic E-state index is -3.28. The fourth-order valence-corrected chi connectivity index (χ4v) is 2.29. The fraction of sp³-hybridized carbons (Fsp3) is 0.455. The van der Waals surface area contributed by atoms with E-state index < -0.39 is 9.84 Å². The summed E-state index contributed by atoms with van der Waals surface area (Å²) in [5.41, 5.74) is 6.46. The van der Waals surface area contributed by atoms with Gasteiger partial charge in [-0.15, -0.1) is 0 Å². The van der Waals surface area contributed by atoms with Crippen LogP contribution in [-0.2, 0) is 9.84 Å². The van der Waals surface area contributed by atoms with E-state index in [0.29, 0.717) is 12.3 Å². The number of rotatable bonds is 4. The van der Waals surface area contributed by atoms with Crippen LogP contribution in [-0.4, -0.2) is 28.3 Å². The zero-order valence-electron chi connectivity index (χ0n) is 9.73.